The van der Waals surface area contributed by atoms with Crippen LogP contribution in [0.15, 0.2) is 43.5 Å². The standard InChI is InChI=1S/C13H14N2O4/c1-3-7-14(8-4-2)12-9-10(15(18)19)5-6-11(12)13(16)17/h3-6,9H,1-2,7-8H2,(H,16,17). The lowest BCUT2D eigenvalue weighted by molar-refractivity contribution is -0.384. The van der Waals surface area contributed by atoms with Gasteiger partial charge in [0.05, 0.1) is 16.2 Å². The van der Waals surface area contributed by atoms with Crippen molar-refractivity contribution in [3.05, 3.63) is 59.2 Å². The average Bonchev–Trinajstić information content (AvgIpc) is 2.37. The van der Waals surface area contributed by atoms with Gasteiger partial charge >= 0.3 is 5.97 Å². The molecular formula is C13H14N2O4. The Kier molecular flexibility index (Phi) is 4.82. The van der Waals surface area contributed by atoms with E-state index in [4.69, 9.17) is 5.11 Å². The Morgan fingerprint density at radius 3 is 2.37 bits per heavy atom. The summed E-state index contributed by atoms with van der Waals surface area (Å²) in [5.41, 5.74) is 0.133. The van der Waals surface area contributed by atoms with Gasteiger partial charge < -0.3 is 10.0 Å². The van der Waals surface area contributed by atoms with Gasteiger partial charge in [-0.3, -0.25) is 10.1 Å². The van der Waals surface area contributed by atoms with Crippen LogP contribution in [-0.4, -0.2) is 29.1 Å². The molecule has 0 aliphatic rings. The molecule has 0 radical (unpaired) electrons. The highest BCUT2D eigenvalue weighted by atomic mass is 16.6. The van der Waals surface area contributed by atoms with E-state index >= 15 is 0 Å². The molecule has 0 atom stereocenters. The summed E-state index contributed by atoms with van der Waals surface area (Å²) >= 11 is 0. The number of carboxylic acid groups (broad SMARTS) is 1. The van der Waals surface area contributed by atoms with Crippen LogP contribution in [-0.2, 0) is 0 Å². The van der Waals surface area contributed by atoms with Crippen LogP contribution in [0.4, 0.5) is 11.4 Å². The summed E-state index contributed by atoms with van der Waals surface area (Å²) in [6, 6.07) is 3.65. The van der Waals surface area contributed by atoms with Crippen molar-refractivity contribution in [2.45, 2.75) is 0 Å². The van der Waals surface area contributed by atoms with E-state index in [0.717, 1.165) is 0 Å². The molecule has 1 rings (SSSR count). The summed E-state index contributed by atoms with van der Waals surface area (Å²) in [4.78, 5) is 23.0. The Morgan fingerprint density at radius 1 is 1.37 bits per heavy atom. The van der Waals surface area contributed by atoms with E-state index < -0.39 is 10.9 Å². The van der Waals surface area contributed by atoms with Gasteiger partial charge in [0.15, 0.2) is 0 Å². The number of carboxylic acids is 1. The van der Waals surface area contributed by atoms with Crippen molar-refractivity contribution in [2.75, 3.05) is 18.0 Å². The highest BCUT2D eigenvalue weighted by Crippen LogP contribution is 2.26. The SMILES string of the molecule is C=CCN(CC=C)c1cc([N+](=O)[O-])ccc1C(=O)O. The zero-order chi connectivity index (χ0) is 14.4. The van der Waals surface area contributed by atoms with Crippen LogP contribution in [0.1, 0.15) is 10.4 Å². The van der Waals surface area contributed by atoms with Crippen molar-refractivity contribution < 1.29 is 14.8 Å². The molecule has 0 heterocycles. The number of nitro groups is 1. The first-order chi connectivity index (χ1) is 9.01. The van der Waals surface area contributed by atoms with Gasteiger partial charge in [0.25, 0.3) is 5.69 Å². The zero-order valence-electron chi connectivity index (χ0n) is 10.3. The molecular weight excluding hydrogens is 248 g/mol. The Bertz CT molecular complexity index is 515. The Labute approximate surface area is 110 Å². The number of rotatable bonds is 7. The van der Waals surface area contributed by atoms with Gasteiger partial charge in [0.2, 0.25) is 0 Å². The smallest absolute Gasteiger partial charge is 0.337 e. The fraction of sp³-hybridized carbons (Fsp3) is 0.154. The first kappa shape index (κ1) is 14.4. The molecule has 0 unspecified atom stereocenters. The number of anilines is 1. The van der Waals surface area contributed by atoms with E-state index in [2.05, 4.69) is 13.2 Å². The summed E-state index contributed by atoms with van der Waals surface area (Å²) in [6.07, 6.45) is 3.18. The second-order valence-corrected chi connectivity index (χ2v) is 3.75. The van der Waals surface area contributed by atoms with Crippen LogP contribution in [0.25, 0.3) is 0 Å². The fourth-order valence-corrected chi connectivity index (χ4v) is 1.66. The maximum absolute atomic E-state index is 11.2. The van der Waals surface area contributed by atoms with Gasteiger partial charge in [0, 0.05) is 25.2 Å². The van der Waals surface area contributed by atoms with E-state index in [1.807, 2.05) is 0 Å². The number of hydrogen-bond donors (Lipinski definition) is 1. The summed E-state index contributed by atoms with van der Waals surface area (Å²) in [5, 5.41) is 19.9. The molecule has 0 aliphatic carbocycles. The molecule has 0 aromatic heterocycles. The van der Waals surface area contributed by atoms with E-state index in [-0.39, 0.29) is 16.9 Å². The lowest BCUT2D eigenvalue weighted by Crippen LogP contribution is -2.25. The van der Waals surface area contributed by atoms with Gasteiger partial charge in [-0.1, -0.05) is 12.2 Å². The van der Waals surface area contributed by atoms with Crippen LogP contribution < -0.4 is 4.90 Å². The number of carbonyl (C=O) groups is 1. The van der Waals surface area contributed by atoms with Crippen LogP contribution in [0.2, 0.25) is 0 Å². The molecule has 1 aromatic carbocycles. The van der Waals surface area contributed by atoms with Crippen molar-refractivity contribution in [1.29, 1.82) is 0 Å². The van der Waals surface area contributed by atoms with Gasteiger partial charge in [-0.15, -0.1) is 13.2 Å². The topological polar surface area (TPSA) is 83.7 Å². The Hall–Kier alpha value is -2.63. The molecule has 0 spiro atoms. The Morgan fingerprint density at radius 2 is 1.95 bits per heavy atom. The van der Waals surface area contributed by atoms with Crippen molar-refractivity contribution in [3.8, 4) is 0 Å². The molecule has 6 heteroatoms. The number of nitrogens with zero attached hydrogens (tertiary/aromatic N) is 2. The molecule has 1 aromatic rings. The molecule has 19 heavy (non-hydrogen) atoms. The molecule has 0 saturated heterocycles. The van der Waals surface area contributed by atoms with E-state index in [1.165, 1.54) is 18.2 Å². The molecule has 0 aliphatic heterocycles. The van der Waals surface area contributed by atoms with Crippen molar-refractivity contribution >= 4 is 17.3 Å². The second kappa shape index (κ2) is 6.34. The van der Waals surface area contributed by atoms with Crippen LogP contribution in [0.5, 0.6) is 0 Å². The van der Waals surface area contributed by atoms with Crippen LogP contribution in [0.3, 0.4) is 0 Å². The maximum Gasteiger partial charge on any atom is 0.337 e. The minimum Gasteiger partial charge on any atom is -0.478 e. The molecule has 0 fully saturated rings. The number of aromatic carboxylic acids is 1. The average molecular weight is 262 g/mol. The number of nitro benzene ring substituents is 1. The third kappa shape index (κ3) is 3.41. The summed E-state index contributed by atoms with van der Waals surface area (Å²) in [6.45, 7) is 7.90. The number of benzene rings is 1. The normalized spacial score (nSPS) is 9.68. The van der Waals surface area contributed by atoms with Crippen LogP contribution in [0, 0.1) is 10.1 Å². The van der Waals surface area contributed by atoms with E-state index in [9.17, 15) is 14.9 Å². The monoisotopic (exact) mass is 262 g/mol. The highest BCUT2D eigenvalue weighted by Gasteiger charge is 2.18. The highest BCUT2D eigenvalue weighted by molar-refractivity contribution is 5.95. The van der Waals surface area contributed by atoms with Crippen molar-refractivity contribution in [3.63, 3.8) is 0 Å². The summed E-state index contributed by atoms with van der Waals surface area (Å²) < 4.78 is 0. The van der Waals surface area contributed by atoms with Crippen LogP contribution >= 0.6 is 0 Å². The first-order valence-corrected chi connectivity index (χ1v) is 5.49. The van der Waals surface area contributed by atoms with Crippen molar-refractivity contribution in [2.24, 2.45) is 0 Å². The fourth-order valence-electron chi connectivity index (χ4n) is 1.66. The molecule has 0 bridgehead atoms. The quantitative estimate of drug-likeness (QED) is 0.463. The molecule has 6 nitrogen and oxygen atoms in total. The first-order valence-electron chi connectivity index (χ1n) is 5.49. The van der Waals surface area contributed by atoms with Gasteiger partial charge in [-0.25, -0.2) is 4.79 Å². The van der Waals surface area contributed by atoms with Gasteiger partial charge in [-0.2, -0.15) is 0 Å². The summed E-state index contributed by atoms with van der Waals surface area (Å²) in [5.74, 6) is -1.14. The number of non-ortho nitro benzene ring substituents is 1. The second-order valence-electron chi connectivity index (χ2n) is 3.75. The third-order valence-electron chi connectivity index (χ3n) is 2.46. The minimum absolute atomic E-state index is 0.00861. The van der Waals surface area contributed by atoms with Gasteiger partial charge in [-0.05, 0) is 6.07 Å². The maximum atomic E-state index is 11.2. The Balaban J connectivity index is 3.36. The third-order valence-corrected chi connectivity index (χ3v) is 2.46. The van der Waals surface area contributed by atoms with E-state index in [1.54, 1.807) is 17.1 Å². The lowest BCUT2D eigenvalue weighted by atomic mass is 10.1. The predicted molar refractivity (Wildman–Crippen MR) is 72.7 cm³/mol. The summed E-state index contributed by atoms with van der Waals surface area (Å²) in [7, 11) is 0. The van der Waals surface area contributed by atoms with Gasteiger partial charge in [0.1, 0.15) is 0 Å². The molecule has 1 N–H and O–H groups in total. The molecule has 0 saturated carbocycles. The minimum atomic E-state index is -1.14. The number of hydrogen-bond acceptors (Lipinski definition) is 4. The van der Waals surface area contributed by atoms with Crippen molar-refractivity contribution in [1.82, 2.24) is 0 Å². The molecule has 0 amide bonds. The largest absolute Gasteiger partial charge is 0.478 e. The lowest BCUT2D eigenvalue weighted by Gasteiger charge is -2.23. The zero-order valence-corrected chi connectivity index (χ0v) is 10.3. The van der Waals surface area contributed by atoms with E-state index in [0.29, 0.717) is 13.1 Å². The molecule has 100 valence electrons. The predicted octanol–water partition coefficient (Wildman–Crippen LogP) is 2.47.